The summed E-state index contributed by atoms with van der Waals surface area (Å²) in [5.74, 6) is -1.66. The summed E-state index contributed by atoms with van der Waals surface area (Å²) in [6.45, 7) is 2.73. The molecule has 3 aromatic rings. The van der Waals surface area contributed by atoms with E-state index < -0.39 is 60.6 Å². The molecule has 2 aliphatic rings. The van der Waals surface area contributed by atoms with Crippen LogP contribution in [0.1, 0.15) is 60.7 Å². The average molecular weight is 639 g/mol. The van der Waals surface area contributed by atoms with Gasteiger partial charge >= 0.3 is 19.0 Å². The van der Waals surface area contributed by atoms with Crippen molar-refractivity contribution in [1.82, 2.24) is 19.1 Å². The van der Waals surface area contributed by atoms with Gasteiger partial charge < -0.3 is 23.6 Å². The fourth-order valence-electron chi connectivity index (χ4n) is 5.00. The van der Waals surface area contributed by atoms with E-state index in [1.807, 2.05) is 0 Å². The SMILES string of the molecule is Cc1cn([C@H]2CC[C@@H](COP(=O)(OC[C@@H]3CC[C@H](n4cc(C)c(=O)[nH]c4=O)O3)C(O)c3ccc(Cl)cc3)O2)c(=O)[nH]c1=O. The predicted molar refractivity (Wildman–Crippen MR) is 154 cm³/mol. The molecule has 2 saturated heterocycles. The molecule has 4 heterocycles. The van der Waals surface area contributed by atoms with Crippen LogP contribution in [0.3, 0.4) is 0 Å². The van der Waals surface area contributed by atoms with Crippen LogP contribution in [0.2, 0.25) is 5.02 Å². The highest BCUT2D eigenvalue weighted by molar-refractivity contribution is 7.54. The van der Waals surface area contributed by atoms with E-state index in [2.05, 4.69) is 9.97 Å². The lowest BCUT2D eigenvalue weighted by Crippen LogP contribution is -2.33. The number of aromatic nitrogens is 4. The van der Waals surface area contributed by atoms with Gasteiger partial charge in [0, 0.05) is 28.5 Å². The third-order valence-electron chi connectivity index (χ3n) is 7.43. The Morgan fingerprint density at radius 3 is 1.74 bits per heavy atom. The zero-order chi connectivity index (χ0) is 30.9. The molecule has 1 unspecified atom stereocenters. The van der Waals surface area contributed by atoms with Crippen LogP contribution in [-0.4, -0.2) is 49.6 Å². The summed E-state index contributed by atoms with van der Waals surface area (Å²) in [5, 5.41) is 11.5. The largest absolute Gasteiger partial charge is 0.376 e. The standard InChI is InChI=1S/C27H32ClN4O10P/c1-15-11-31(26(36)29-23(15)33)21-9-7-19(41-21)13-39-43(38,25(35)17-3-5-18(28)6-4-17)40-14-20-8-10-22(42-20)32-12-16(2)24(34)30-27(32)37/h3-6,11-12,19-22,25,35H,7-10,13-14H2,1-2H3,(H,29,33,36)(H,30,34,37)/t19-,20-,21+,22+,25?/m0/s1. The van der Waals surface area contributed by atoms with Gasteiger partial charge in [0.2, 0.25) is 0 Å². The molecule has 2 aromatic heterocycles. The van der Waals surface area contributed by atoms with E-state index in [9.17, 15) is 28.8 Å². The minimum atomic E-state index is -4.26. The molecule has 0 saturated carbocycles. The fraction of sp³-hybridized carbons (Fsp3) is 0.481. The van der Waals surface area contributed by atoms with E-state index in [1.54, 1.807) is 13.8 Å². The van der Waals surface area contributed by atoms with Crippen LogP contribution in [0.25, 0.3) is 0 Å². The summed E-state index contributed by atoms with van der Waals surface area (Å²) in [5.41, 5.74) is -1.22. The number of aryl methyl sites for hydroxylation is 2. The number of halogens is 1. The normalized spacial score (nSPS) is 23.1. The smallest absolute Gasteiger partial charge is 0.363 e. The second-order valence-corrected chi connectivity index (χ2v) is 13.1. The zero-order valence-corrected chi connectivity index (χ0v) is 25.1. The van der Waals surface area contributed by atoms with Crippen molar-refractivity contribution in [1.29, 1.82) is 0 Å². The van der Waals surface area contributed by atoms with Crippen LogP contribution in [0.4, 0.5) is 0 Å². The molecular weight excluding hydrogens is 607 g/mol. The number of ether oxygens (including phenoxy) is 2. The maximum atomic E-state index is 14.1. The molecule has 43 heavy (non-hydrogen) atoms. The second kappa shape index (κ2) is 12.9. The van der Waals surface area contributed by atoms with Crippen molar-refractivity contribution in [3.63, 3.8) is 0 Å². The van der Waals surface area contributed by atoms with E-state index in [4.69, 9.17) is 30.1 Å². The van der Waals surface area contributed by atoms with E-state index in [0.717, 1.165) is 0 Å². The van der Waals surface area contributed by atoms with E-state index in [-0.39, 0.29) is 18.8 Å². The quantitative estimate of drug-likeness (QED) is 0.279. The van der Waals surface area contributed by atoms with Crippen molar-refractivity contribution in [3.05, 3.63) is 100 Å². The first kappa shape index (κ1) is 31.3. The molecule has 5 atom stereocenters. The van der Waals surface area contributed by atoms with Crippen molar-refractivity contribution < 1.29 is 28.2 Å². The maximum Gasteiger partial charge on any atom is 0.363 e. The molecule has 16 heteroatoms. The van der Waals surface area contributed by atoms with Crippen molar-refractivity contribution in [2.45, 2.75) is 70.0 Å². The number of nitrogens with zero attached hydrogens (tertiary/aromatic N) is 2. The number of nitrogens with one attached hydrogen (secondary N) is 2. The first-order valence-corrected chi connectivity index (χ1v) is 15.7. The molecule has 1 aromatic carbocycles. The summed E-state index contributed by atoms with van der Waals surface area (Å²) < 4.78 is 40.1. The molecule has 0 aliphatic carbocycles. The molecule has 0 bridgehead atoms. The number of aliphatic hydroxyl groups excluding tert-OH is 1. The number of hydrogen-bond acceptors (Lipinski definition) is 10. The summed E-state index contributed by atoms with van der Waals surface area (Å²) in [7, 11) is -4.26. The third kappa shape index (κ3) is 7.01. The molecule has 232 valence electrons. The Morgan fingerprint density at radius 2 is 1.30 bits per heavy atom. The average Bonchev–Trinajstić information content (AvgIpc) is 3.65. The van der Waals surface area contributed by atoms with Gasteiger partial charge in [0.05, 0.1) is 25.4 Å². The molecule has 14 nitrogen and oxygen atoms in total. The number of hydrogen-bond donors (Lipinski definition) is 3. The molecule has 2 aliphatic heterocycles. The second-order valence-electron chi connectivity index (χ2n) is 10.6. The Kier molecular flexibility index (Phi) is 9.37. The van der Waals surface area contributed by atoms with Gasteiger partial charge in [-0.1, -0.05) is 23.7 Å². The van der Waals surface area contributed by atoms with Gasteiger partial charge in [-0.2, -0.15) is 0 Å². The van der Waals surface area contributed by atoms with Crippen LogP contribution in [-0.2, 0) is 23.1 Å². The van der Waals surface area contributed by atoms with Gasteiger partial charge in [0.1, 0.15) is 12.5 Å². The fourth-order valence-corrected chi connectivity index (χ4v) is 6.77. The van der Waals surface area contributed by atoms with Crippen molar-refractivity contribution in [3.8, 4) is 0 Å². The molecule has 2 fully saturated rings. The van der Waals surface area contributed by atoms with Crippen molar-refractivity contribution >= 4 is 19.2 Å². The first-order valence-electron chi connectivity index (χ1n) is 13.7. The maximum absolute atomic E-state index is 14.1. The summed E-state index contributed by atoms with van der Waals surface area (Å²) >= 11 is 5.98. The molecule has 3 N–H and O–H groups in total. The third-order valence-corrected chi connectivity index (χ3v) is 9.60. The zero-order valence-electron chi connectivity index (χ0n) is 23.4. The van der Waals surface area contributed by atoms with Gasteiger partial charge in [0.25, 0.3) is 11.1 Å². The Morgan fingerprint density at radius 1 is 0.860 bits per heavy atom. The lowest BCUT2D eigenvalue weighted by molar-refractivity contribution is -0.0351. The minimum Gasteiger partial charge on any atom is -0.376 e. The molecule has 0 radical (unpaired) electrons. The number of rotatable bonds is 10. The number of aromatic amines is 2. The van der Waals surface area contributed by atoms with Crippen LogP contribution in [0.5, 0.6) is 0 Å². The highest BCUT2D eigenvalue weighted by Crippen LogP contribution is 2.60. The van der Waals surface area contributed by atoms with Gasteiger partial charge in [-0.15, -0.1) is 0 Å². The monoisotopic (exact) mass is 638 g/mol. The number of benzene rings is 1. The molecule has 0 spiro atoms. The Hall–Kier alpha value is -3.10. The minimum absolute atomic E-state index is 0.213. The first-order chi connectivity index (χ1) is 20.4. The van der Waals surface area contributed by atoms with Gasteiger partial charge in [-0.25, -0.2) is 9.59 Å². The number of aliphatic hydroxyl groups is 1. The molecule has 5 rings (SSSR count). The van der Waals surface area contributed by atoms with E-state index in [0.29, 0.717) is 41.8 Å². The van der Waals surface area contributed by atoms with Crippen molar-refractivity contribution in [2.24, 2.45) is 0 Å². The summed E-state index contributed by atoms with van der Waals surface area (Å²) in [6, 6.07) is 6.08. The Balaban J connectivity index is 1.27. The van der Waals surface area contributed by atoms with Crippen LogP contribution in [0.15, 0.2) is 55.8 Å². The van der Waals surface area contributed by atoms with Gasteiger partial charge in [-0.05, 0) is 57.2 Å². The van der Waals surface area contributed by atoms with E-state index in [1.165, 1.54) is 45.8 Å². The topological polar surface area (TPSA) is 184 Å². The highest BCUT2D eigenvalue weighted by atomic mass is 35.5. The van der Waals surface area contributed by atoms with E-state index >= 15 is 0 Å². The van der Waals surface area contributed by atoms with Gasteiger partial charge in [-0.3, -0.25) is 33.3 Å². The van der Waals surface area contributed by atoms with Crippen LogP contribution >= 0.6 is 19.2 Å². The highest BCUT2D eigenvalue weighted by Gasteiger charge is 2.40. The molecular formula is C27H32ClN4O10P. The lowest BCUT2D eigenvalue weighted by Gasteiger charge is -2.26. The number of H-pyrrole nitrogens is 2. The lowest BCUT2D eigenvalue weighted by atomic mass is 10.2. The predicted octanol–water partition coefficient (Wildman–Crippen LogP) is 2.63. The Labute approximate surface area is 249 Å². The van der Waals surface area contributed by atoms with Crippen molar-refractivity contribution in [2.75, 3.05) is 13.2 Å². The Bertz CT molecular complexity index is 1650. The summed E-state index contributed by atoms with van der Waals surface area (Å²) in [4.78, 5) is 52.5. The van der Waals surface area contributed by atoms with Crippen LogP contribution < -0.4 is 22.5 Å². The van der Waals surface area contributed by atoms with Crippen LogP contribution in [0, 0.1) is 13.8 Å². The van der Waals surface area contributed by atoms with Gasteiger partial charge in [0.15, 0.2) is 5.85 Å². The summed E-state index contributed by atoms with van der Waals surface area (Å²) in [6.07, 6.45) is 2.12. The molecule has 0 amide bonds.